The lowest BCUT2D eigenvalue weighted by Gasteiger charge is -2.24. The Morgan fingerprint density at radius 3 is 2.94 bits per heavy atom. The minimum Gasteiger partial charge on any atom is -0.508 e. The summed E-state index contributed by atoms with van der Waals surface area (Å²) in [5.41, 5.74) is 1.54. The number of nitrogens with one attached hydrogen (secondary N) is 1. The highest BCUT2D eigenvalue weighted by Crippen LogP contribution is 2.30. The number of phenolic OH excluding ortho intramolecular Hbond substituents is 1. The summed E-state index contributed by atoms with van der Waals surface area (Å²) in [6.45, 7) is 0. The van der Waals surface area contributed by atoms with Crippen LogP contribution < -0.4 is 5.32 Å². The Morgan fingerprint density at radius 2 is 2.24 bits per heavy atom. The van der Waals surface area contributed by atoms with Gasteiger partial charge in [0.25, 0.3) is 0 Å². The molecule has 1 aliphatic heterocycles. The summed E-state index contributed by atoms with van der Waals surface area (Å²) in [4.78, 5) is 22.2. The molecule has 1 unspecified atom stereocenters. The molecule has 1 aromatic rings. The average Bonchev–Trinajstić information content (AvgIpc) is 2.26. The first-order chi connectivity index (χ1) is 8.06. The minimum atomic E-state index is -0.903. The van der Waals surface area contributed by atoms with Crippen molar-refractivity contribution in [2.45, 2.75) is 19.3 Å². The summed E-state index contributed by atoms with van der Waals surface area (Å²) in [6.07, 6.45) is 0.769. The van der Waals surface area contributed by atoms with E-state index in [0.717, 1.165) is 5.56 Å². The second-order valence-corrected chi connectivity index (χ2v) is 4.16. The molecule has 90 valence electrons. The first kappa shape index (κ1) is 11.4. The maximum atomic E-state index is 11.7. The van der Waals surface area contributed by atoms with Gasteiger partial charge in [0.05, 0.1) is 0 Å². The maximum Gasteiger partial charge on any atom is 0.303 e. The number of hydrogen-bond donors (Lipinski definition) is 3. The van der Waals surface area contributed by atoms with Gasteiger partial charge < -0.3 is 15.5 Å². The second-order valence-electron chi connectivity index (χ2n) is 4.16. The standard InChI is InChI=1S/C12H13NO4/c14-9-2-3-10-8(6-9)5-7(12(17)13-10)1-4-11(15)16/h2-3,6-7,14H,1,4-5H2,(H,13,17)(H,15,16). The Morgan fingerprint density at radius 1 is 1.47 bits per heavy atom. The SMILES string of the molecule is O=C(O)CCC1Cc2cc(O)ccc2NC1=O. The van der Waals surface area contributed by atoms with E-state index in [0.29, 0.717) is 18.5 Å². The summed E-state index contributed by atoms with van der Waals surface area (Å²) in [5, 5.41) is 20.7. The highest BCUT2D eigenvalue weighted by molar-refractivity contribution is 5.96. The van der Waals surface area contributed by atoms with E-state index in [1.165, 1.54) is 6.07 Å². The number of fused-ring (bicyclic) bond motifs is 1. The van der Waals surface area contributed by atoms with Gasteiger partial charge in [-0.1, -0.05) is 0 Å². The summed E-state index contributed by atoms with van der Waals surface area (Å²) in [5.74, 6) is -1.23. The quantitative estimate of drug-likeness (QED) is 0.690. The molecule has 0 fully saturated rings. The van der Waals surface area contributed by atoms with Crippen LogP contribution in [0.1, 0.15) is 18.4 Å². The summed E-state index contributed by atoms with van der Waals surface area (Å²) < 4.78 is 0. The lowest BCUT2D eigenvalue weighted by Crippen LogP contribution is -2.30. The van der Waals surface area contributed by atoms with Crippen molar-refractivity contribution in [1.29, 1.82) is 0 Å². The van der Waals surface area contributed by atoms with Crippen LogP contribution in [0.3, 0.4) is 0 Å². The van der Waals surface area contributed by atoms with E-state index in [-0.39, 0.29) is 24.0 Å². The summed E-state index contributed by atoms with van der Waals surface area (Å²) in [6, 6.07) is 4.76. The van der Waals surface area contributed by atoms with Gasteiger partial charge in [-0.3, -0.25) is 9.59 Å². The zero-order valence-electron chi connectivity index (χ0n) is 9.14. The van der Waals surface area contributed by atoms with Crippen LogP contribution in [-0.4, -0.2) is 22.1 Å². The molecule has 1 heterocycles. The zero-order chi connectivity index (χ0) is 12.4. The average molecular weight is 235 g/mol. The predicted octanol–water partition coefficient (Wildman–Crippen LogP) is 1.37. The van der Waals surface area contributed by atoms with Crippen LogP contribution in [0.4, 0.5) is 5.69 Å². The van der Waals surface area contributed by atoms with Gasteiger partial charge in [-0.2, -0.15) is 0 Å². The molecule has 0 saturated heterocycles. The number of carboxylic acids is 1. The molecule has 2 rings (SSSR count). The van der Waals surface area contributed by atoms with Crippen molar-refractivity contribution >= 4 is 17.6 Å². The van der Waals surface area contributed by atoms with Crippen LogP contribution in [0.2, 0.25) is 0 Å². The summed E-state index contributed by atoms with van der Waals surface area (Å²) >= 11 is 0. The molecule has 0 aliphatic carbocycles. The van der Waals surface area contributed by atoms with E-state index in [2.05, 4.69) is 5.32 Å². The first-order valence-electron chi connectivity index (χ1n) is 5.41. The molecular formula is C12H13NO4. The molecule has 17 heavy (non-hydrogen) atoms. The predicted molar refractivity (Wildman–Crippen MR) is 60.8 cm³/mol. The number of hydrogen-bond acceptors (Lipinski definition) is 3. The fourth-order valence-electron chi connectivity index (χ4n) is 1.99. The third-order valence-electron chi connectivity index (χ3n) is 2.89. The van der Waals surface area contributed by atoms with Gasteiger partial charge in [-0.15, -0.1) is 0 Å². The monoisotopic (exact) mass is 235 g/mol. The van der Waals surface area contributed by atoms with Gasteiger partial charge in [0.2, 0.25) is 5.91 Å². The van der Waals surface area contributed by atoms with Crippen LogP contribution in [0.25, 0.3) is 0 Å². The fraction of sp³-hybridized carbons (Fsp3) is 0.333. The summed E-state index contributed by atoms with van der Waals surface area (Å²) in [7, 11) is 0. The van der Waals surface area contributed by atoms with Crippen molar-refractivity contribution in [3.8, 4) is 5.75 Å². The van der Waals surface area contributed by atoms with E-state index >= 15 is 0 Å². The lowest BCUT2D eigenvalue weighted by molar-refractivity contribution is -0.137. The smallest absolute Gasteiger partial charge is 0.303 e. The Labute approximate surface area is 98.1 Å². The second kappa shape index (κ2) is 4.45. The minimum absolute atomic E-state index is 0.0216. The van der Waals surface area contributed by atoms with Crippen molar-refractivity contribution in [2.24, 2.45) is 5.92 Å². The molecule has 1 aliphatic rings. The van der Waals surface area contributed by atoms with E-state index in [9.17, 15) is 14.7 Å². The van der Waals surface area contributed by atoms with Gasteiger partial charge in [0.1, 0.15) is 5.75 Å². The number of carbonyl (C=O) groups is 2. The normalized spacial score (nSPS) is 18.4. The molecule has 5 heteroatoms. The number of phenols is 1. The van der Waals surface area contributed by atoms with Gasteiger partial charge in [-0.25, -0.2) is 0 Å². The Balaban J connectivity index is 2.14. The van der Waals surface area contributed by atoms with E-state index in [1.807, 2.05) is 0 Å². The molecule has 1 aromatic carbocycles. The molecule has 0 radical (unpaired) electrons. The number of rotatable bonds is 3. The van der Waals surface area contributed by atoms with Crippen molar-refractivity contribution in [3.63, 3.8) is 0 Å². The highest BCUT2D eigenvalue weighted by Gasteiger charge is 2.26. The number of aliphatic carboxylic acids is 1. The molecule has 1 amide bonds. The van der Waals surface area contributed by atoms with E-state index in [1.54, 1.807) is 12.1 Å². The number of anilines is 1. The molecule has 1 atom stereocenters. The maximum absolute atomic E-state index is 11.7. The number of amides is 1. The first-order valence-corrected chi connectivity index (χ1v) is 5.41. The third kappa shape index (κ3) is 2.55. The Hall–Kier alpha value is -2.04. The van der Waals surface area contributed by atoms with Crippen molar-refractivity contribution < 1.29 is 19.8 Å². The van der Waals surface area contributed by atoms with E-state index in [4.69, 9.17) is 5.11 Å². The fourth-order valence-corrected chi connectivity index (χ4v) is 1.99. The molecule has 0 bridgehead atoms. The number of benzene rings is 1. The number of carbonyl (C=O) groups excluding carboxylic acids is 1. The Kier molecular flexibility index (Phi) is 2.99. The molecule has 0 spiro atoms. The Bertz CT molecular complexity index is 470. The van der Waals surface area contributed by atoms with Gasteiger partial charge in [-0.05, 0) is 36.6 Å². The molecule has 5 nitrogen and oxygen atoms in total. The van der Waals surface area contributed by atoms with Crippen LogP contribution in [0, 0.1) is 5.92 Å². The van der Waals surface area contributed by atoms with Gasteiger partial charge in [0, 0.05) is 18.0 Å². The highest BCUT2D eigenvalue weighted by atomic mass is 16.4. The zero-order valence-corrected chi connectivity index (χ0v) is 9.14. The molecule has 0 saturated carbocycles. The van der Waals surface area contributed by atoms with Gasteiger partial charge in [0.15, 0.2) is 0 Å². The van der Waals surface area contributed by atoms with Crippen molar-refractivity contribution in [2.75, 3.05) is 5.32 Å². The van der Waals surface area contributed by atoms with Crippen molar-refractivity contribution in [3.05, 3.63) is 23.8 Å². The van der Waals surface area contributed by atoms with Gasteiger partial charge >= 0.3 is 5.97 Å². The largest absolute Gasteiger partial charge is 0.508 e. The molecule has 0 aromatic heterocycles. The molecule has 3 N–H and O–H groups in total. The van der Waals surface area contributed by atoms with Crippen LogP contribution in [0.5, 0.6) is 5.75 Å². The topological polar surface area (TPSA) is 86.6 Å². The van der Waals surface area contributed by atoms with E-state index < -0.39 is 5.97 Å². The lowest BCUT2D eigenvalue weighted by atomic mass is 9.89. The van der Waals surface area contributed by atoms with Crippen molar-refractivity contribution in [1.82, 2.24) is 0 Å². The number of carboxylic acid groups (broad SMARTS) is 1. The number of aromatic hydroxyl groups is 1. The molecular weight excluding hydrogens is 222 g/mol. The third-order valence-corrected chi connectivity index (χ3v) is 2.89. The van der Waals surface area contributed by atoms with Crippen LogP contribution in [-0.2, 0) is 16.0 Å². The van der Waals surface area contributed by atoms with Crippen LogP contribution in [0.15, 0.2) is 18.2 Å². The van der Waals surface area contributed by atoms with Crippen LogP contribution >= 0.6 is 0 Å².